The number of rotatable bonds is 1. The van der Waals surface area contributed by atoms with Crippen molar-refractivity contribution in [1.29, 1.82) is 0 Å². The van der Waals surface area contributed by atoms with Crippen LogP contribution in [-0.2, 0) is 5.41 Å². The number of nitrogens with zero attached hydrogens (tertiary/aromatic N) is 1. The molecule has 0 saturated heterocycles. The molecular formula is C23H23N. The van der Waals surface area contributed by atoms with Gasteiger partial charge in [0.25, 0.3) is 0 Å². The van der Waals surface area contributed by atoms with Crippen molar-refractivity contribution in [2.75, 3.05) is 0 Å². The van der Waals surface area contributed by atoms with Crippen molar-refractivity contribution in [3.8, 4) is 11.3 Å². The number of fused-ring (bicyclic) bond motifs is 3. The number of allylic oxidation sites excluding steroid dienone is 5. The minimum absolute atomic E-state index is 0.136. The van der Waals surface area contributed by atoms with Gasteiger partial charge in [-0.3, -0.25) is 4.98 Å². The maximum atomic E-state index is 4.63. The van der Waals surface area contributed by atoms with Crippen molar-refractivity contribution in [2.24, 2.45) is 5.92 Å². The van der Waals surface area contributed by atoms with Gasteiger partial charge in [0.05, 0.1) is 5.69 Å². The van der Waals surface area contributed by atoms with Crippen molar-refractivity contribution in [3.63, 3.8) is 0 Å². The summed E-state index contributed by atoms with van der Waals surface area (Å²) in [4.78, 5) is 4.63. The molecule has 2 aromatic rings. The van der Waals surface area contributed by atoms with Gasteiger partial charge in [-0.05, 0) is 40.3 Å². The normalized spacial score (nSPS) is 21.5. The molecule has 0 saturated carbocycles. The summed E-state index contributed by atoms with van der Waals surface area (Å²) >= 11 is 0. The van der Waals surface area contributed by atoms with Gasteiger partial charge in [-0.25, -0.2) is 0 Å². The quantitative estimate of drug-likeness (QED) is 0.639. The summed E-state index contributed by atoms with van der Waals surface area (Å²) in [7, 11) is 0. The van der Waals surface area contributed by atoms with Gasteiger partial charge >= 0.3 is 0 Å². The van der Waals surface area contributed by atoms with E-state index in [1.807, 2.05) is 6.20 Å². The molecule has 2 unspecified atom stereocenters. The minimum atomic E-state index is 0.136. The molecule has 0 bridgehead atoms. The van der Waals surface area contributed by atoms with Crippen molar-refractivity contribution in [2.45, 2.75) is 32.1 Å². The molecule has 4 rings (SSSR count). The first-order valence-electron chi connectivity index (χ1n) is 8.66. The number of pyridine rings is 1. The maximum Gasteiger partial charge on any atom is 0.0704 e. The number of hydrogen-bond donors (Lipinski definition) is 0. The van der Waals surface area contributed by atoms with E-state index in [9.17, 15) is 0 Å². The SMILES string of the molecule is CC(C)(C)c1ccnc(-c2ccc3c(c2)C2C=CC=CC2C=C3)c1. The van der Waals surface area contributed by atoms with E-state index in [-0.39, 0.29) is 5.41 Å². The van der Waals surface area contributed by atoms with E-state index in [1.165, 1.54) is 22.3 Å². The molecule has 0 fully saturated rings. The summed E-state index contributed by atoms with van der Waals surface area (Å²) < 4.78 is 0. The van der Waals surface area contributed by atoms with E-state index in [2.05, 4.69) is 92.5 Å². The second kappa shape index (κ2) is 5.59. The third kappa shape index (κ3) is 2.65. The van der Waals surface area contributed by atoms with Gasteiger partial charge in [0.2, 0.25) is 0 Å². The fourth-order valence-electron chi connectivity index (χ4n) is 3.56. The molecule has 2 aliphatic rings. The first-order chi connectivity index (χ1) is 11.5. The molecule has 0 radical (unpaired) electrons. The lowest BCUT2D eigenvalue weighted by Crippen LogP contribution is -2.13. The van der Waals surface area contributed by atoms with Gasteiger partial charge in [0, 0.05) is 23.6 Å². The lowest BCUT2D eigenvalue weighted by atomic mass is 9.76. The van der Waals surface area contributed by atoms with Gasteiger partial charge in [-0.15, -0.1) is 0 Å². The summed E-state index contributed by atoms with van der Waals surface area (Å²) in [6.45, 7) is 6.73. The lowest BCUT2D eigenvalue weighted by Gasteiger charge is -2.28. The third-order valence-corrected chi connectivity index (χ3v) is 5.04. The molecule has 1 nitrogen and oxygen atoms in total. The molecule has 2 aliphatic carbocycles. The molecule has 1 aromatic carbocycles. The number of benzene rings is 1. The van der Waals surface area contributed by atoms with E-state index in [4.69, 9.17) is 0 Å². The first kappa shape index (κ1) is 15.1. The molecule has 0 amide bonds. The molecular weight excluding hydrogens is 290 g/mol. The summed E-state index contributed by atoms with van der Waals surface area (Å²) in [5.41, 5.74) is 6.46. The van der Waals surface area contributed by atoms with Crippen molar-refractivity contribution in [3.05, 3.63) is 83.6 Å². The van der Waals surface area contributed by atoms with E-state index in [1.54, 1.807) is 0 Å². The Morgan fingerprint density at radius 1 is 0.917 bits per heavy atom. The van der Waals surface area contributed by atoms with Gasteiger partial charge in [-0.2, -0.15) is 0 Å². The van der Waals surface area contributed by atoms with E-state index >= 15 is 0 Å². The van der Waals surface area contributed by atoms with Crippen LogP contribution >= 0.6 is 0 Å². The fourth-order valence-corrected chi connectivity index (χ4v) is 3.56. The van der Waals surface area contributed by atoms with Crippen molar-refractivity contribution >= 4 is 6.08 Å². The van der Waals surface area contributed by atoms with Gasteiger partial charge in [-0.1, -0.05) is 69.4 Å². The first-order valence-corrected chi connectivity index (χ1v) is 8.66. The Bertz CT molecular complexity index is 862. The molecule has 1 aromatic heterocycles. The van der Waals surface area contributed by atoms with Crippen LogP contribution in [0.2, 0.25) is 0 Å². The summed E-state index contributed by atoms with van der Waals surface area (Å²) in [5, 5.41) is 0. The number of hydrogen-bond acceptors (Lipinski definition) is 1. The van der Waals surface area contributed by atoms with Crippen LogP contribution in [0.25, 0.3) is 17.3 Å². The second-order valence-corrected chi connectivity index (χ2v) is 7.76. The topological polar surface area (TPSA) is 12.9 Å². The van der Waals surface area contributed by atoms with Crippen LogP contribution < -0.4 is 0 Å². The standard InChI is InChI=1S/C23H23N/c1-23(2,3)19-12-13-24-22(15-19)18-11-10-17-9-8-16-6-4-5-7-20(16)21(17)14-18/h4-16,20H,1-3H3. The monoisotopic (exact) mass is 313 g/mol. The zero-order valence-corrected chi connectivity index (χ0v) is 14.5. The van der Waals surface area contributed by atoms with Crippen LogP contribution in [0, 0.1) is 5.92 Å². The summed E-state index contributed by atoms with van der Waals surface area (Å²) in [6.07, 6.45) is 15.4. The highest BCUT2D eigenvalue weighted by molar-refractivity contribution is 5.69. The fraction of sp³-hybridized carbons (Fsp3) is 0.261. The molecule has 1 heterocycles. The van der Waals surface area contributed by atoms with Gasteiger partial charge in [0.15, 0.2) is 0 Å². The van der Waals surface area contributed by atoms with Crippen LogP contribution in [-0.4, -0.2) is 4.98 Å². The molecule has 0 aliphatic heterocycles. The Kier molecular flexibility index (Phi) is 3.53. The van der Waals surface area contributed by atoms with Crippen molar-refractivity contribution < 1.29 is 0 Å². The Labute approximate surface area is 144 Å². The smallest absolute Gasteiger partial charge is 0.0704 e. The number of aromatic nitrogens is 1. The van der Waals surface area contributed by atoms with Crippen LogP contribution in [0.3, 0.4) is 0 Å². The molecule has 0 spiro atoms. The zero-order chi connectivity index (χ0) is 16.7. The summed E-state index contributed by atoms with van der Waals surface area (Å²) in [6, 6.07) is 11.1. The molecule has 120 valence electrons. The Morgan fingerprint density at radius 3 is 2.58 bits per heavy atom. The predicted octanol–water partition coefficient (Wildman–Crippen LogP) is 5.90. The van der Waals surface area contributed by atoms with E-state index < -0.39 is 0 Å². The molecule has 24 heavy (non-hydrogen) atoms. The minimum Gasteiger partial charge on any atom is -0.256 e. The zero-order valence-electron chi connectivity index (χ0n) is 14.5. The van der Waals surface area contributed by atoms with Crippen LogP contribution in [0.5, 0.6) is 0 Å². The van der Waals surface area contributed by atoms with Crippen molar-refractivity contribution in [1.82, 2.24) is 4.98 Å². The Balaban J connectivity index is 1.78. The molecule has 0 N–H and O–H groups in total. The second-order valence-electron chi connectivity index (χ2n) is 7.76. The largest absolute Gasteiger partial charge is 0.256 e. The maximum absolute atomic E-state index is 4.63. The highest BCUT2D eigenvalue weighted by Crippen LogP contribution is 2.39. The van der Waals surface area contributed by atoms with Crippen LogP contribution in [0.1, 0.15) is 43.4 Å². The molecule has 2 atom stereocenters. The van der Waals surface area contributed by atoms with Crippen LogP contribution in [0.15, 0.2) is 66.9 Å². The van der Waals surface area contributed by atoms with E-state index in [0.29, 0.717) is 11.8 Å². The molecule has 1 heteroatoms. The Hall–Kier alpha value is -2.41. The highest BCUT2D eigenvalue weighted by atomic mass is 14.7. The highest BCUT2D eigenvalue weighted by Gasteiger charge is 2.24. The average Bonchev–Trinajstić information content (AvgIpc) is 2.60. The van der Waals surface area contributed by atoms with E-state index in [0.717, 1.165) is 5.69 Å². The van der Waals surface area contributed by atoms with Gasteiger partial charge < -0.3 is 0 Å². The average molecular weight is 313 g/mol. The van der Waals surface area contributed by atoms with Gasteiger partial charge in [0.1, 0.15) is 0 Å². The third-order valence-electron chi connectivity index (χ3n) is 5.04. The van der Waals surface area contributed by atoms with Crippen LogP contribution in [0.4, 0.5) is 0 Å². The summed E-state index contributed by atoms with van der Waals surface area (Å²) in [5.74, 6) is 0.923. The lowest BCUT2D eigenvalue weighted by molar-refractivity contribution is 0.589. The predicted molar refractivity (Wildman–Crippen MR) is 102 cm³/mol. The Morgan fingerprint density at radius 2 is 1.75 bits per heavy atom.